The molecule has 10 heteroatoms. The van der Waals surface area contributed by atoms with Crippen molar-refractivity contribution in [3.8, 4) is 0 Å². The molecule has 0 aromatic carbocycles. The van der Waals surface area contributed by atoms with Gasteiger partial charge >= 0.3 is 5.97 Å². The largest absolute Gasteiger partial charge is 0.756 e. The van der Waals surface area contributed by atoms with Gasteiger partial charge in [-0.1, -0.05) is 294 Å². The second kappa shape index (κ2) is 58.2. The summed E-state index contributed by atoms with van der Waals surface area (Å²) < 4.78 is 30.4. The number of nitrogens with one attached hydrogen (secondary N) is 1. The summed E-state index contributed by atoms with van der Waals surface area (Å²) in [7, 11) is 1.18. The van der Waals surface area contributed by atoms with Crippen LogP contribution in [0, 0.1) is 0 Å². The van der Waals surface area contributed by atoms with Gasteiger partial charge < -0.3 is 28.5 Å². The predicted molar refractivity (Wildman–Crippen MR) is 335 cm³/mol. The Balaban J connectivity index is 5.08. The van der Waals surface area contributed by atoms with Gasteiger partial charge in [0.05, 0.1) is 33.8 Å². The van der Waals surface area contributed by atoms with Crippen LogP contribution >= 0.6 is 7.82 Å². The van der Waals surface area contributed by atoms with Gasteiger partial charge in [0.25, 0.3) is 7.82 Å². The first-order valence-electron chi connectivity index (χ1n) is 33.4. The second-order valence-corrected chi connectivity index (χ2v) is 25.4. The van der Waals surface area contributed by atoms with Gasteiger partial charge in [-0.25, -0.2) is 0 Å². The monoisotopic (exact) mass is 1120 g/mol. The molecule has 1 amide bonds. The maximum Gasteiger partial charge on any atom is 0.306 e. The highest BCUT2D eigenvalue weighted by molar-refractivity contribution is 7.45. The molecule has 1 N–H and O–H groups in total. The zero-order chi connectivity index (χ0) is 57.2. The van der Waals surface area contributed by atoms with E-state index in [-0.39, 0.29) is 24.9 Å². The van der Waals surface area contributed by atoms with Crippen LogP contribution in [0.2, 0.25) is 0 Å². The predicted octanol–water partition coefficient (Wildman–Crippen LogP) is 20.2. The van der Waals surface area contributed by atoms with E-state index in [9.17, 15) is 19.0 Å². The summed E-state index contributed by atoms with van der Waals surface area (Å²) in [4.78, 5) is 40.0. The van der Waals surface area contributed by atoms with Crippen LogP contribution in [0.25, 0.3) is 0 Å². The molecule has 0 bridgehead atoms. The summed E-state index contributed by atoms with van der Waals surface area (Å²) >= 11 is 0. The third-order valence-corrected chi connectivity index (χ3v) is 16.0. The normalized spacial score (nSPS) is 13.9. The molecule has 3 unspecified atom stereocenters. The van der Waals surface area contributed by atoms with Crippen molar-refractivity contribution in [1.82, 2.24) is 5.32 Å². The molecule has 3 atom stereocenters. The van der Waals surface area contributed by atoms with Crippen molar-refractivity contribution >= 4 is 19.7 Å². The lowest BCUT2D eigenvalue weighted by molar-refractivity contribution is -0.870. The molecule has 0 spiro atoms. The quantitative estimate of drug-likeness (QED) is 0.0212. The maximum atomic E-state index is 13.6. The molecule has 0 heterocycles. The van der Waals surface area contributed by atoms with Crippen LogP contribution in [-0.4, -0.2) is 69.4 Å². The number of esters is 1. The number of amides is 1. The number of hydrogen-bond donors (Lipinski definition) is 1. The molecule has 0 aromatic rings. The number of rotatable bonds is 61. The average molecular weight is 1120 g/mol. The van der Waals surface area contributed by atoms with Gasteiger partial charge in [-0.2, -0.15) is 0 Å². The number of allylic oxidation sites excluding steroid dienone is 7. The number of phosphoric ester groups is 1. The SMILES string of the molecule is CC/C=C/C/C=C/C/C=C/CCCCCCC(=O)OC(/C=C\CCCCCCCCCCCCC)C(COP(=O)([O-])OCC[N+](C)(C)C)NC(=O)CCCCCCCCCCCCCCCCCCCCCCCCCCC. The number of quaternary nitrogens is 1. The molecule has 0 aromatic heterocycles. The molecular formula is C68H129N2O7P. The van der Waals surface area contributed by atoms with Crippen molar-refractivity contribution in [2.24, 2.45) is 0 Å². The maximum absolute atomic E-state index is 13.6. The zero-order valence-corrected chi connectivity index (χ0v) is 53.3. The Hall–Kier alpha value is -2.03. The molecule has 0 saturated carbocycles. The lowest BCUT2D eigenvalue weighted by Gasteiger charge is -2.30. The summed E-state index contributed by atoms with van der Waals surface area (Å²) in [6.45, 7) is 6.76. The van der Waals surface area contributed by atoms with Gasteiger partial charge in [0.1, 0.15) is 19.3 Å². The third kappa shape index (κ3) is 58.6. The number of likely N-dealkylation sites (N-methyl/N-ethyl adjacent to an activating group) is 1. The number of hydrogen-bond acceptors (Lipinski definition) is 7. The summed E-state index contributed by atoms with van der Waals surface area (Å²) in [6, 6.07) is -0.895. The second-order valence-electron chi connectivity index (χ2n) is 24.0. The van der Waals surface area contributed by atoms with Crippen LogP contribution in [0.1, 0.15) is 323 Å². The van der Waals surface area contributed by atoms with Crippen LogP contribution in [-0.2, 0) is 27.9 Å². The van der Waals surface area contributed by atoms with Gasteiger partial charge in [-0.3, -0.25) is 14.2 Å². The minimum Gasteiger partial charge on any atom is -0.756 e. The van der Waals surface area contributed by atoms with E-state index >= 15 is 0 Å². The van der Waals surface area contributed by atoms with E-state index < -0.39 is 26.6 Å². The first kappa shape index (κ1) is 76.0. The highest BCUT2D eigenvalue weighted by Crippen LogP contribution is 2.38. The Morgan fingerprint density at radius 2 is 0.821 bits per heavy atom. The van der Waals surface area contributed by atoms with Crippen LogP contribution in [0.3, 0.4) is 0 Å². The molecule has 0 fully saturated rings. The number of phosphoric acid groups is 1. The molecule has 9 nitrogen and oxygen atoms in total. The molecular weight excluding hydrogens is 988 g/mol. The molecule has 0 rings (SSSR count). The number of carbonyl (C=O) groups is 2. The minimum atomic E-state index is -4.70. The van der Waals surface area contributed by atoms with Crippen LogP contribution in [0.4, 0.5) is 0 Å². The molecule has 0 aliphatic heterocycles. The van der Waals surface area contributed by atoms with E-state index in [0.29, 0.717) is 23.9 Å². The van der Waals surface area contributed by atoms with E-state index in [2.05, 4.69) is 62.5 Å². The van der Waals surface area contributed by atoms with E-state index in [1.807, 2.05) is 33.3 Å². The first-order chi connectivity index (χ1) is 37.9. The van der Waals surface area contributed by atoms with Crippen LogP contribution < -0.4 is 10.2 Å². The Morgan fingerprint density at radius 1 is 0.462 bits per heavy atom. The summed E-state index contributed by atoms with van der Waals surface area (Å²) in [6.07, 6.45) is 72.4. The van der Waals surface area contributed by atoms with Crippen molar-refractivity contribution in [3.63, 3.8) is 0 Å². The molecule has 458 valence electrons. The molecule has 0 aliphatic rings. The Labute approximate surface area is 484 Å². The van der Waals surface area contributed by atoms with Crippen LogP contribution in [0.15, 0.2) is 48.6 Å². The van der Waals surface area contributed by atoms with Crippen molar-refractivity contribution in [3.05, 3.63) is 48.6 Å². The number of ether oxygens (including phenoxy) is 1. The highest BCUT2D eigenvalue weighted by atomic mass is 31.2. The van der Waals surface area contributed by atoms with Gasteiger partial charge in [0, 0.05) is 12.8 Å². The van der Waals surface area contributed by atoms with Crippen molar-refractivity contribution in [2.75, 3.05) is 40.9 Å². The summed E-state index contributed by atoms with van der Waals surface area (Å²) in [5.74, 6) is -0.554. The topological polar surface area (TPSA) is 114 Å². The van der Waals surface area contributed by atoms with E-state index in [0.717, 1.165) is 83.5 Å². The van der Waals surface area contributed by atoms with E-state index in [1.165, 1.54) is 199 Å². The first-order valence-corrected chi connectivity index (χ1v) is 34.9. The average Bonchev–Trinajstić information content (AvgIpc) is 3.40. The van der Waals surface area contributed by atoms with Gasteiger partial charge in [0.15, 0.2) is 0 Å². The molecule has 0 radical (unpaired) electrons. The number of unbranched alkanes of at least 4 members (excludes halogenated alkanes) is 39. The van der Waals surface area contributed by atoms with E-state index in [1.54, 1.807) is 0 Å². The van der Waals surface area contributed by atoms with Gasteiger partial charge in [0.2, 0.25) is 5.91 Å². The summed E-state index contributed by atoms with van der Waals surface area (Å²) in [5, 5.41) is 3.04. The van der Waals surface area contributed by atoms with Crippen molar-refractivity contribution < 1.29 is 37.3 Å². The third-order valence-electron chi connectivity index (χ3n) is 15.0. The fourth-order valence-electron chi connectivity index (χ4n) is 9.89. The number of carbonyl (C=O) groups excluding carboxylic acids is 2. The highest BCUT2D eigenvalue weighted by Gasteiger charge is 2.27. The smallest absolute Gasteiger partial charge is 0.306 e. The fraction of sp³-hybridized carbons (Fsp3) is 0.853. The Morgan fingerprint density at radius 3 is 1.23 bits per heavy atom. The minimum absolute atomic E-state index is 0.0248. The molecule has 78 heavy (non-hydrogen) atoms. The Bertz CT molecular complexity index is 1470. The zero-order valence-electron chi connectivity index (χ0n) is 52.4. The Kier molecular flexibility index (Phi) is 56.7. The molecule has 0 aliphatic carbocycles. The molecule has 0 saturated heterocycles. The number of nitrogens with zero attached hydrogens (tertiary/aromatic N) is 1. The standard InChI is InChI=1S/C68H129N2O7P/c1-7-10-13-16-19-22-25-28-30-31-32-33-34-35-36-37-38-39-40-42-45-48-51-54-57-60-67(71)69-65(64-76-78(73,74)75-63-62-70(4,5)6)66(59-56-53-50-47-44-41-27-24-21-18-15-12-9-3)77-68(72)61-58-55-52-49-46-43-29-26-23-20-17-14-11-8-2/h11,14,20,23,29,43,56,59,65-66H,7-10,12-13,15-19,21-22,24-28,30-42,44-55,57-58,60-64H2,1-6H3,(H-,69,71,73,74)/b14-11+,23-20+,43-29+,59-56-. The summed E-state index contributed by atoms with van der Waals surface area (Å²) in [5.41, 5.74) is 0. The van der Waals surface area contributed by atoms with Gasteiger partial charge in [-0.15, -0.1) is 0 Å². The fourth-order valence-corrected chi connectivity index (χ4v) is 10.6. The van der Waals surface area contributed by atoms with Crippen LogP contribution in [0.5, 0.6) is 0 Å². The van der Waals surface area contributed by atoms with Crippen molar-refractivity contribution in [2.45, 2.75) is 335 Å². The lowest BCUT2D eigenvalue weighted by atomic mass is 10.0. The van der Waals surface area contributed by atoms with Gasteiger partial charge in [-0.05, 0) is 63.9 Å². The lowest BCUT2D eigenvalue weighted by Crippen LogP contribution is -2.47. The van der Waals surface area contributed by atoms with E-state index in [4.69, 9.17) is 13.8 Å². The van der Waals surface area contributed by atoms with Crippen molar-refractivity contribution in [1.29, 1.82) is 0 Å².